The summed E-state index contributed by atoms with van der Waals surface area (Å²) in [5, 5.41) is 3.23. The van der Waals surface area contributed by atoms with E-state index in [1.807, 2.05) is 20.8 Å². The van der Waals surface area contributed by atoms with Gasteiger partial charge in [0.15, 0.2) is 0 Å². The summed E-state index contributed by atoms with van der Waals surface area (Å²) in [6, 6.07) is 0. The lowest BCUT2D eigenvalue weighted by Crippen LogP contribution is -2.44. The number of rotatable bonds is 2. The molecule has 76 valence electrons. The van der Waals surface area contributed by atoms with Crippen LogP contribution in [0.15, 0.2) is 0 Å². The van der Waals surface area contributed by atoms with Gasteiger partial charge in [-0.15, -0.1) is 0 Å². The molecule has 1 atom stereocenters. The fourth-order valence-electron chi connectivity index (χ4n) is 1.59. The number of hydrogen-bond acceptors (Lipinski definition) is 3. The summed E-state index contributed by atoms with van der Waals surface area (Å²) in [4.78, 5) is 11.7. The molecule has 0 amide bonds. The van der Waals surface area contributed by atoms with E-state index in [1.165, 1.54) is 0 Å². The van der Waals surface area contributed by atoms with Gasteiger partial charge in [-0.25, -0.2) is 0 Å². The number of carbonyl (C=O) groups is 1. The molecule has 1 unspecified atom stereocenters. The normalized spacial score (nSPS) is 28.9. The predicted molar refractivity (Wildman–Crippen MR) is 51.4 cm³/mol. The van der Waals surface area contributed by atoms with E-state index in [9.17, 15) is 4.79 Å². The SMILES string of the molecule is CC(C)OC(=O)C1(C)CCCNC1. The van der Waals surface area contributed by atoms with Crippen LogP contribution in [-0.2, 0) is 9.53 Å². The van der Waals surface area contributed by atoms with Gasteiger partial charge in [-0.2, -0.15) is 0 Å². The van der Waals surface area contributed by atoms with Crippen molar-refractivity contribution < 1.29 is 9.53 Å². The Morgan fingerprint density at radius 3 is 2.69 bits per heavy atom. The maximum absolute atomic E-state index is 11.7. The molecule has 0 aromatic carbocycles. The number of piperidine rings is 1. The van der Waals surface area contributed by atoms with Crippen molar-refractivity contribution in [1.82, 2.24) is 5.32 Å². The Morgan fingerprint density at radius 2 is 2.23 bits per heavy atom. The Bertz CT molecular complexity index is 183. The van der Waals surface area contributed by atoms with Crippen LogP contribution in [0.1, 0.15) is 33.6 Å². The molecule has 13 heavy (non-hydrogen) atoms. The lowest BCUT2D eigenvalue weighted by atomic mass is 9.83. The van der Waals surface area contributed by atoms with Gasteiger partial charge in [0.05, 0.1) is 11.5 Å². The van der Waals surface area contributed by atoms with Crippen LogP contribution in [0.25, 0.3) is 0 Å². The molecule has 1 aliphatic heterocycles. The lowest BCUT2D eigenvalue weighted by molar-refractivity contribution is -0.159. The first-order valence-corrected chi connectivity index (χ1v) is 4.96. The molecule has 0 aliphatic carbocycles. The first kappa shape index (κ1) is 10.5. The molecule has 0 bridgehead atoms. The van der Waals surface area contributed by atoms with E-state index in [-0.39, 0.29) is 17.5 Å². The number of hydrogen-bond donors (Lipinski definition) is 1. The van der Waals surface area contributed by atoms with Gasteiger partial charge in [0.25, 0.3) is 0 Å². The van der Waals surface area contributed by atoms with Gasteiger partial charge >= 0.3 is 5.97 Å². The largest absolute Gasteiger partial charge is 0.463 e. The Kier molecular flexibility index (Phi) is 3.31. The maximum atomic E-state index is 11.7. The third-order valence-corrected chi connectivity index (χ3v) is 2.43. The summed E-state index contributed by atoms with van der Waals surface area (Å²) < 4.78 is 5.21. The predicted octanol–water partition coefficient (Wildman–Crippen LogP) is 1.33. The van der Waals surface area contributed by atoms with Crippen molar-refractivity contribution in [1.29, 1.82) is 0 Å². The minimum atomic E-state index is -0.303. The first-order valence-electron chi connectivity index (χ1n) is 4.96. The van der Waals surface area contributed by atoms with E-state index < -0.39 is 0 Å². The average Bonchev–Trinajstić information content (AvgIpc) is 2.04. The fourth-order valence-corrected chi connectivity index (χ4v) is 1.59. The fraction of sp³-hybridized carbons (Fsp3) is 0.900. The highest BCUT2D eigenvalue weighted by Crippen LogP contribution is 2.27. The van der Waals surface area contributed by atoms with Gasteiger partial charge in [0, 0.05) is 6.54 Å². The van der Waals surface area contributed by atoms with Crippen LogP contribution >= 0.6 is 0 Å². The summed E-state index contributed by atoms with van der Waals surface area (Å²) in [5.74, 6) is -0.0605. The highest BCUT2D eigenvalue weighted by molar-refractivity contribution is 5.77. The highest BCUT2D eigenvalue weighted by Gasteiger charge is 2.36. The summed E-state index contributed by atoms with van der Waals surface area (Å²) >= 11 is 0. The standard InChI is InChI=1S/C10H19NO2/c1-8(2)13-9(12)10(3)5-4-6-11-7-10/h8,11H,4-7H2,1-3H3. The topological polar surface area (TPSA) is 38.3 Å². The first-order chi connectivity index (χ1) is 6.04. The minimum absolute atomic E-state index is 0.00810. The minimum Gasteiger partial charge on any atom is -0.463 e. The van der Waals surface area contributed by atoms with Crippen LogP contribution < -0.4 is 5.32 Å². The molecule has 1 aliphatic rings. The molecule has 0 aromatic rings. The summed E-state index contributed by atoms with van der Waals surface area (Å²) in [5.41, 5.74) is -0.303. The third kappa shape index (κ3) is 2.69. The van der Waals surface area contributed by atoms with Crippen molar-refractivity contribution in [3.05, 3.63) is 0 Å². The summed E-state index contributed by atoms with van der Waals surface area (Å²) in [7, 11) is 0. The molecule has 0 spiro atoms. The highest BCUT2D eigenvalue weighted by atomic mass is 16.5. The molecule has 3 heteroatoms. The molecule has 1 fully saturated rings. The van der Waals surface area contributed by atoms with E-state index in [0.717, 1.165) is 25.9 Å². The van der Waals surface area contributed by atoms with Crippen LogP contribution in [0.5, 0.6) is 0 Å². The molecular formula is C10H19NO2. The van der Waals surface area contributed by atoms with Crippen LogP contribution in [0, 0.1) is 5.41 Å². The lowest BCUT2D eigenvalue weighted by Gasteiger charge is -2.32. The van der Waals surface area contributed by atoms with Gasteiger partial charge < -0.3 is 10.1 Å². The summed E-state index contributed by atoms with van der Waals surface area (Å²) in [6.45, 7) is 7.52. The van der Waals surface area contributed by atoms with Crippen LogP contribution in [0.2, 0.25) is 0 Å². The molecule has 3 nitrogen and oxygen atoms in total. The second-order valence-corrected chi connectivity index (χ2v) is 4.30. The van der Waals surface area contributed by atoms with Crippen molar-refractivity contribution in [3.63, 3.8) is 0 Å². The van der Waals surface area contributed by atoms with Crippen LogP contribution in [0.4, 0.5) is 0 Å². The van der Waals surface area contributed by atoms with Gasteiger partial charge in [0.2, 0.25) is 0 Å². The Morgan fingerprint density at radius 1 is 1.54 bits per heavy atom. The third-order valence-electron chi connectivity index (χ3n) is 2.43. The molecule has 1 saturated heterocycles. The Hall–Kier alpha value is -0.570. The van der Waals surface area contributed by atoms with E-state index in [0.29, 0.717) is 0 Å². The van der Waals surface area contributed by atoms with Crippen LogP contribution in [0.3, 0.4) is 0 Å². The average molecular weight is 185 g/mol. The van der Waals surface area contributed by atoms with Crippen molar-refractivity contribution in [2.24, 2.45) is 5.41 Å². The van der Waals surface area contributed by atoms with Crippen LogP contribution in [-0.4, -0.2) is 25.2 Å². The molecule has 1 heterocycles. The number of ether oxygens (including phenoxy) is 1. The van der Waals surface area contributed by atoms with Gasteiger partial charge in [-0.1, -0.05) is 0 Å². The van der Waals surface area contributed by atoms with E-state index >= 15 is 0 Å². The monoisotopic (exact) mass is 185 g/mol. The molecule has 1 N–H and O–H groups in total. The maximum Gasteiger partial charge on any atom is 0.313 e. The Labute approximate surface area is 79.8 Å². The zero-order valence-electron chi connectivity index (χ0n) is 8.72. The summed E-state index contributed by atoms with van der Waals surface area (Å²) in [6.07, 6.45) is 1.99. The van der Waals surface area contributed by atoms with Crippen molar-refractivity contribution in [3.8, 4) is 0 Å². The molecule has 1 rings (SSSR count). The smallest absolute Gasteiger partial charge is 0.313 e. The van der Waals surface area contributed by atoms with Crippen molar-refractivity contribution in [2.75, 3.05) is 13.1 Å². The van der Waals surface area contributed by atoms with Gasteiger partial charge in [-0.05, 0) is 40.2 Å². The van der Waals surface area contributed by atoms with E-state index in [1.54, 1.807) is 0 Å². The Balaban J connectivity index is 2.51. The van der Waals surface area contributed by atoms with Gasteiger partial charge in [0.1, 0.15) is 0 Å². The van der Waals surface area contributed by atoms with E-state index in [4.69, 9.17) is 4.74 Å². The molecule has 0 radical (unpaired) electrons. The quantitative estimate of drug-likeness (QED) is 0.659. The zero-order chi connectivity index (χ0) is 9.90. The zero-order valence-corrected chi connectivity index (χ0v) is 8.72. The van der Waals surface area contributed by atoms with Gasteiger partial charge in [-0.3, -0.25) is 4.79 Å². The number of carbonyl (C=O) groups excluding carboxylic acids is 1. The second-order valence-electron chi connectivity index (χ2n) is 4.30. The molecule has 0 aromatic heterocycles. The second kappa shape index (κ2) is 4.09. The molecular weight excluding hydrogens is 166 g/mol. The number of esters is 1. The van der Waals surface area contributed by atoms with Crippen molar-refractivity contribution in [2.45, 2.75) is 39.7 Å². The van der Waals surface area contributed by atoms with E-state index in [2.05, 4.69) is 5.32 Å². The molecule has 0 saturated carbocycles. The number of nitrogens with one attached hydrogen (secondary N) is 1. The van der Waals surface area contributed by atoms with Crippen molar-refractivity contribution >= 4 is 5.97 Å².